The summed E-state index contributed by atoms with van der Waals surface area (Å²) in [7, 11) is 0.111. The molecule has 0 heterocycles. The van der Waals surface area contributed by atoms with Crippen molar-refractivity contribution in [2.45, 2.75) is 30.8 Å². The van der Waals surface area contributed by atoms with Crippen molar-refractivity contribution in [3.8, 4) is 0 Å². The van der Waals surface area contributed by atoms with Gasteiger partial charge >= 0.3 is 0 Å². The van der Waals surface area contributed by atoms with E-state index in [9.17, 15) is 8.42 Å². The first-order chi connectivity index (χ1) is 10.8. The average Bonchev–Trinajstić information content (AvgIpc) is 2.55. The molecule has 23 heavy (non-hydrogen) atoms. The van der Waals surface area contributed by atoms with Gasteiger partial charge in [0.15, 0.2) is 15.8 Å². The maximum absolute atomic E-state index is 12.2. The molecule has 0 aromatic heterocycles. The van der Waals surface area contributed by atoms with E-state index in [0.717, 1.165) is 0 Å². The van der Waals surface area contributed by atoms with Crippen molar-refractivity contribution in [2.24, 2.45) is 4.99 Å². The van der Waals surface area contributed by atoms with Crippen LogP contribution in [-0.2, 0) is 14.6 Å². The Balaban J connectivity index is 2.38. The fraction of sp³-hybridized carbons (Fsp3) is 0.562. The molecule has 1 rings (SSSR count). The molecule has 0 bridgehead atoms. The molecule has 0 aliphatic heterocycles. The molecule has 0 saturated carbocycles. The van der Waals surface area contributed by atoms with Crippen LogP contribution in [0.1, 0.15) is 20.3 Å². The highest BCUT2D eigenvalue weighted by Crippen LogP contribution is 2.10. The number of ether oxygens (including phenoxy) is 1. The maximum Gasteiger partial charge on any atom is 0.191 e. The number of methoxy groups -OCH3 is 1. The molecule has 0 unspecified atom stereocenters. The zero-order valence-electron chi connectivity index (χ0n) is 14.3. The van der Waals surface area contributed by atoms with E-state index in [0.29, 0.717) is 30.4 Å². The van der Waals surface area contributed by atoms with E-state index in [-0.39, 0.29) is 11.4 Å². The zero-order chi connectivity index (χ0) is 17.3. The third kappa shape index (κ3) is 7.00. The van der Waals surface area contributed by atoms with E-state index in [4.69, 9.17) is 4.74 Å². The van der Waals surface area contributed by atoms with Gasteiger partial charge in [-0.05, 0) is 32.4 Å². The molecule has 0 saturated heterocycles. The monoisotopic (exact) mass is 341 g/mol. The summed E-state index contributed by atoms with van der Waals surface area (Å²) in [5, 5.41) is 6.26. The Morgan fingerprint density at radius 3 is 2.43 bits per heavy atom. The van der Waals surface area contributed by atoms with Crippen molar-refractivity contribution in [2.75, 3.05) is 33.0 Å². The van der Waals surface area contributed by atoms with Crippen molar-refractivity contribution in [3.05, 3.63) is 30.3 Å². The SMILES string of the molecule is CN=C(NCCCS(=O)(=O)c1ccccc1)NCC(C)(C)OC. The number of hydrogen-bond donors (Lipinski definition) is 2. The molecular weight excluding hydrogens is 314 g/mol. The predicted octanol–water partition coefficient (Wildman–Crippen LogP) is 1.44. The van der Waals surface area contributed by atoms with E-state index in [1.165, 1.54) is 0 Å². The molecule has 0 fully saturated rings. The third-order valence-corrected chi connectivity index (χ3v) is 5.26. The van der Waals surface area contributed by atoms with Crippen LogP contribution < -0.4 is 10.6 Å². The van der Waals surface area contributed by atoms with Crippen LogP contribution in [-0.4, -0.2) is 53.0 Å². The van der Waals surface area contributed by atoms with E-state index in [2.05, 4.69) is 15.6 Å². The minimum absolute atomic E-state index is 0.102. The number of aliphatic imine (C=N–C) groups is 1. The average molecular weight is 341 g/mol. The fourth-order valence-corrected chi connectivity index (χ4v) is 3.14. The zero-order valence-corrected chi connectivity index (χ0v) is 15.1. The summed E-state index contributed by atoms with van der Waals surface area (Å²) in [4.78, 5) is 4.47. The number of sulfone groups is 1. The van der Waals surface area contributed by atoms with Gasteiger partial charge in [0.1, 0.15) is 0 Å². The molecule has 0 aliphatic carbocycles. The first kappa shape index (κ1) is 19.4. The quantitative estimate of drug-likeness (QED) is 0.425. The molecular formula is C16H27N3O3S. The maximum atomic E-state index is 12.2. The standard InChI is InChI=1S/C16H27N3O3S/c1-16(2,22-4)13-19-15(17-3)18-11-8-12-23(20,21)14-9-6-5-7-10-14/h5-7,9-10H,8,11-13H2,1-4H3,(H2,17,18,19). The van der Waals surface area contributed by atoms with Crippen LogP contribution in [0.3, 0.4) is 0 Å². The van der Waals surface area contributed by atoms with Crippen molar-refractivity contribution < 1.29 is 13.2 Å². The minimum atomic E-state index is -3.22. The Morgan fingerprint density at radius 2 is 1.87 bits per heavy atom. The molecule has 6 nitrogen and oxygen atoms in total. The van der Waals surface area contributed by atoms with Gasteiger partial charge < -0.3 is 15.4 Å². The van der Waals surface area contributed by atoms with Gasteiger partial charge in [-0.15, -0.1) is 0 Å². The van der Waals surface area contributed by atoms with E-state index in [1.54, 1.807) is 44.5 Å². The van der Waals surface area contributed by atoms with Gasteiger partial charge in [0, 0.05) is 27.2 Å². The van der Waals surface area contributed by atoms with E-state index >= 15 is 0 Å². The summed E-state index contributed by atoms with van der Waals surface area (Å²) < 4.78 is 29.6. The lowest BCUT2D eigenvalue weighted by atomic mass is 10.1. The highest BCUT2D eigenvalue weighted by molar-refractivity contribution is 7.91. The molecule has 0 spiro atoms. The van der Waals surface area contributed by atoms with E-state index in [1.807, 2.05) is 13.8 Å². The first-order valence-corrected chi connectivity index (χ1v) is 9.23. The van der Waals surface area contributed by atoms with Gasteiger partial charge in [-0.3, -0.25) is 4.99 Å². The number of nitrogens with zero attached hydrogens (tertiary/aromatic N) is 1. The number of hydrogen-bond acceptors (Lipinski definition) is 4. The molecule has 0 atom stereocenters. The Labute approximate surface area is 139 Å². The molecule has 7 heteroatoms. The van der Waals surface area contributed by atoms with Gasteiger partial charge in [-0.25, -0.2) is 8.42 Å². The fourth-order valence-electron chi connectivity index (χ4n) is 1.80. The Kier molecular flexibility index (Phi) is 7.51. The highest BCUT2D eigenvalue weighted by atomic mass is 32.2. The lowest BCUT2D eigenvalue weighted by Gasteiger charge is -2.24. The highest BCUT2D eigenvalue weighted by Gasteiger charge is 2.17. The number of nitrogens with one attached hydrogen (secondary N) is 2. The predicted molar refractivity (Wildman–Crippen MR) is 93.6 cm³/mol. The topological polar surface area (TPSA) is 79.8 Å². The number of benzene rings is 1. The second kappa shape index (κ2) is 8.88. The molecule has 1 aromatic carbocycles. The van der Waals surface area contributed by atoms with Crippen LogP contribution in [0.5, 0.6) is 0 Å². The van der Waals surface area contributed by atoms with Gasteiger partial charge in [-0.1, -0.05) is 18.2 Å². The largest absolute Gasteiger partial charge is 0.377 e. The summed E-state index contributed by atoms with van der Waals surface area (Å²) in [6.45, 7) is 5.07. The normalized spacial score (nSPS) is 13.0. The second-order valence-corrected chi connectivity index (χ2v) is 7.91. The molecule has 0 radical (unpaired) electrons. The summed E-state index contributed by atoms with van der Waals surface area (Å²) in [5.74, 6) is 0.733. The van der Waals surface area contributed by atoms with Gasteiger partial charge in [-0.2, -0.15) is 0 Å². The molecule has 130 valence electrons. The summed E-state index contributed by atoms with van der Waals surface area (Å²) in [6.07, 6.45) is 0.506. The van der Waals surface area contributed by atoms with Crippen molar-refractivity contribution >= 4 is 15.8 Å². The second-order valence-electron chi connectivity index (χ2n) is 5.80. The minimum Gasteiger partial charge on any atom is -0.377 e. The lowest BCUT2D eigenvalue weighted by Crippen LogP contribution is -2.45. The van der Waals surface area contributed by atoms with Gasteiger partial charge in [0.2, 0.25) is 0 Å². The lowest BCUT2D eigenvalue weighted by molar-refractivity contribution is 0.0268. The number of rotatable bonds is 8. The van der Waals surface area contributed by atoms with Crippen LogP contribution in [0, 0.1) is 0 Å². The number of guanidine groups is 1. The summed E-state index contributed by atoms with van der Waals surface area (Å²) in [5.41, 5.74) is -0.297. The third-order valence-electron chi connectivity index (χ3n) is 3.44. The van der Waals surface area contributed by atoms with Crippen molar-refractivity contribution in [3.63, 3.8) is 0 Å². The van der Waals surface area contributed by atoms with Gasteiger partial charge in [0.05, 0.1) is 16.2 Å². The van der Waals surface area contributed by atoms with Crippen LogP contribution in [0.2, 0.25) is 0 Å². The van der Waals surface area contributed by atoms with E-state index < -0.39 is 9.84 Å². The molecule has 2 N–H and O–H groups in total. The van der Waals surface area contributed by atoms with Crippen molar-refractivity contribution in [1.82, 2.24) is 10.6 Å². The van der Waals surface area contributed by atoms with Crippen LogP contribution in [0.4, 0.5) is 0 Å². The molecule has 1 aromatic rings. The first-order valence-electron chi connectivity index (χ1n) is 7.58. The summed E-state index contributed by atoms with van der Waals surface area (Å²) >= 11 is 0. The Morgan fingerprint density at radius 1 is 1.22 bits per heavy atom. The Hall–Kier alpha value is -1.60. The van der Waals surface area contributed by atoms with Crippen LogP contribution in [0.25, 0.3) is 0 Å². The van der Waals surface area contributed by atoms with Crippen LogP contribution >= 0.6 is 0 Å². The smallest absolute Gasteiger partial charge is 0.191 e. The molecule has 0 aliphatic rings. The summed E-state index contributed by atoms with van der Waals surface area (Å²) in [6, 6.07) is 8.51. The van der Waals surface area contributed by atoms with Gasteiger partial charge in [0.25, 0.3) is 0 Å². The van der Waals surface area contributed by atoms with Crippen LogP contribution in [0.15, 0.2) is 40.2 Å². The Bertz CT molecular complexity index is 598. The molecule has 0 amide bonds. The van der Waals surface area contributed by atoms with Crippen molar-refractivity contribution in [1.29, 1.82) is 0 Å².